The lowest BCUT2D eigenvalue weighted by Gasteiger charge is -2.15. The molecule has 1 aliphatic carbocycles. The first kappa shape index (κ1) is 9.63. The Labute approximate surface area is 82.9 Å². The molecule has 0 spiro atoms. The molecule has 76 valence electrons. The molecule has 0 bridgehead atoms. The third-order valence-corrected chi connectivity index (χ3v) is 3.17. The van der Waals surface area contributed by atoms with Crippen LogP contribution in [0.25, 0.3) is 0 Å². The first-order valence-electron chi connectivity index (χ1n) is 5.13. The van der Waals surface area contributed by atoms with Crippen LogP contribution in [0.3, 0.4) is 0 Å². The van der Waals surface area contributed by atoms with E-state index in [1.54, 1.807) is 0 Å². The maximum Gasteiger partial charge on any atom is 0.126 e. The predicted molar refractivity (Wildman–Crippen MR) is 52.1 cm³/mol. The highest BCUT2D eigenvalue weighted by Gasteiger charge is 2.25. The Morgan fingerprint density at radius 3 is 2.21 bits per heavy atom. The second kappa shape index (κ2) is 3.68. The van der Waals surface area contributed by atoms with Gasteiger partial charge in [-0.05, 0) is 36.0 Å². The van der Waals surface area contributed by atoms with Crippen LogP contribution in [0.5, 0.6) is 0 Å². The van der Waals surface area contributed by atoms with Crippen molar-refractivity contribution in [2.75, 3.05) is 0 Å². The summed E-state index contributed by atoms with van der Waals surface area (Å²) in [6, 6.07) is 3.87. The Balaban J connectivity index is 2.31. The summed E-state index contributed by atoms with van der Waals surface area (Å²) >= 11 is 0. The summed E-state index contributed by atoms with van der Waals surface area (Å²) in [6.07, 6.45) is 3.40. The molecule has 2 heteroatoms. The van der Waals surface area contributed by atoms with Crippen LogP contribution in [-0.4, -0.2) is 0 Å². The molecule has 1 aliphatic rings. The van der Waals surface area contributed by atoms with Crippen LogP contribution in [0.4, 0.5) is 8.78 Å². The fourth-order valence-electron chi connectivity index (χ4n) is 2.43. The summed E-state index contributed by atoms with van der Waals surface area (Å²) in [6.45, 7) is 2.15. The molecule has 2 atom stereocenters. The van der Waals surface area contributed by atoms with Gasteiger partial charge in [-0.15, -0.1) is 0 Å². The zero-order chi connectivity index (χ0) is 10.1. The van der Waals surface area contributed by atoms with Gasteiger partial charge < -0.3 is 0 Å². The molecular formula is C12H14F2. The fraction of sp³-hybridized carbons (Fsp3) is 0.500. The number of rotatable bonds is 1. The molecule has 1 fully saturated rings. The molecule has 2 rings (SSSR count). The lowest BCUT2D eigenvalue weighted by molar-refractivity contribution is 0.519. The highest BCUT2D eigenvalue weighted by Crippen LogP contribution is 2.39. The Hall–Kier alpha value is -0.920. The lowest BCUT2D eigenvalue weighted by Crippen LogP contribution is -2.02. The van der Waals surface area contributed by atoms with Gasteiger partial charge >= 0.3 is 0 Å². The van der Waals surface area contributed by atoms with E-state index in [0.717, 1.165) is 18.1 Å². The van der Waals surface area contributed by atoms with Crippen LogP contribution in [0.2, 0.25) is 0 Å². The molecule has 14 heavy (non-hydrogen) atoms. The van der Waals surface area contributed by atoms with Crippen LogP contribution in [-0.2, 0) is 0 Å². The van der Waals surface area contributed by atoms with Gasteiger partial charge in [-0.2, -0.15) is 0 Å². The summed E-state index contributed by atoms with van der Waals surface area (Å²) in [5.74, 6) is -0.0189. The number of halogens is 2. The van der Waals surface area contributed by atoms with Crippen molar-refractivity contribution >= 4 is 0 Å². The summed E-state index contributed by atoms with van der Waals surface area (Å²) < 4.78 is 25.9. The van der Waals surface area contributed by atoms with Crippen LogP contribution < -0.4 is 0 Å². The molecule has 2 unspecified atom stereocenters. The van der Waals surface area contributed by atoms with Crippen LogP contribution in [0.15, 0.2) is 18.2 Å². The van der Waals surface area contributed by atoms with Crippen molar-refractivity contribution in [2.24, 2.45) is 5.92 Å². The average molecular weight is 196 g/mol. The molecule has 0 aromatic heterocycles. The molecule has 1 aromatic carbocycles. The van der Waals surface area contributed by atoms with E-state index >= 15 is 0 Å². The van der Waals surface area contributed by atoms with Crippen molar-refractivity contribution in [1.82, 2.24) is 0 Å². The van der Waals surface area contributed by atoms with Crippen molar-refractivity contribution in [3.05, 3.63) is 35.4 Å². The minimum absolute atomic E-state index is 0.347. The molecule has 0 N–H and O–H groups in total. The third kappa shape index (κ3) is 1.79. The predicted octanol–water partition coefficient (Wildman–Crippen LogP) is 3.87. The van der Waals surface area contributed by atoms with Gasteiger partial charge in [0.05, 0.1) is 0 Å². The third-order valence-electron chi connectivity index (χ3n) is 3.17. The van der Waals surface area contributed by atoms with Crippen LogP contribution >= 0.6 is 0 Å². The molecule has 0 heterocycles. The number of hydrogen-bond acceptors (Lipinski definition) is 0. The topological polar surface area (TPSA) is 0 Å². The molecule has 0 aliphatic heterocycles. The largest absolute Gasteiger partial charge is 0.207 e. The van der Waals surface area contributed by atoms with Gasteiger partial charge in [0.15, 0.2) is 0 Å². The van der Waals surface area contributed by atoms with E-state index in [1.165, 1.54) is 25.0 Å². The SMILES string of the molecule is CC1CCCC1c1cc(F)cc(F)c1. The van der Waals surface area contributed by atoms with Crippen LogP contribution in [0, 0.1) is 17.6 Å². The first-order chi connectivity index (χ1) is 6.66. The Morgan fingerprint density at radius 1 is 1.07 bits per heavy atom. The Bertz CT molecular complexity index is 313. The number of benzene rings is 1. The maximum absolute atomic E-state index is 13.0. The van der Waals surface area contributed by atoms with Crippen molar-refractivity contribution < 1.29 is 8.78 Å². The molecule has 0 amide bonds. The second-order valence-corrected chi connectivity index (χ2v) is 4.22. The second-order valence-electron chi connectivity index (χ2n) is 4.22. The van der Waals surface area contributed by atoms with Crippen molar-refractivity contribution in [3.63, 3.8) is 0 Å². The minimum atomic E-state index is -0.459. The van der Waals surface area contributed by atoms with Gasteiger partial charge in [0, 0.05) is 6.07 Å². The van der Waals surface area contributed by atoms with Gasteiger partial charge in [0.25, 0.3) is 0 Å². The van der Waals surface area contributed by atoms with E-state index in [1.807, 2.05) is 0 Å². The van der Waals surface area contributed by atoms with Gasteiger partial charge in [-0.3, -0.25) is 0 Å². The smallest absolute Gasteiger partial charge is 0.126 e. The van der Waals surface area contributed by atoms with E-state index < -0.39 is 11.6 Å². The quantitative estimate of drug-likeness (QED) is 0.639. The van der Waals surface area contributed by atoms with Gasteiger partial charge in [-0.1, -0.05) is 19.8 Å². The average Bonchev–Trinajstić information content (AvgIpc) is 2.49. The first-order valence-corrected chi connectivity index (χ1v) is 5.13. The summed E-state index contributed by atoms with van der Waals surface area (Å²) in [4.78, 5) is 0. The van der Waals surface area contributed by atoms with E-state index in [4.69, 9.17) is 0 Å². The van der Waals surface area contributed by atoms with Crippen molar-refractivity contribution in [2.45, 2.75) is 32.1 Å². The molecule has 1 saturated carbocycles. The highest BCUT2D eigenvalue weighted by molar-refractivity contribution is 5.23. The minimum Gasteiger partial charge on any atom is -0.207 e. The normalized spacial score (nSPS) is 26.8. The summed E-state index contributed by atoms with van der Waals surface area (Å²) in [7, 11) is 0. The zero-order valence-electron chi connectivity index (χ0n) is 8.26. The van der Waals surface area contributed by atoms with E-state index in [0.29, 0.717) is 11.8 Å². The Kier molecular flexibility index (Phi) is 2.53. The highest BCUT2D eigenvalue weighted by atomic mass is 19.1. The summed E-state index contributed by atoms with van der Waals surface area (Å²) in [5.41, 5.74) is 0.826. The van der Waals surface area contributed by atoms with E-state index in [9.17, 15) is 8.78 Å². The fourth-order valence-corrected chi connectivity index (χ4v) is 2.43. The van der Waals surface area contributed by atoms with Gasteiger partial charge in [-0.25, -0.2) is 8.78 Å². The lowest BCUT2D eigenvalue weighted by atomic mass is 9.90. The molecule has 1 aromatic rings. The number of hydrogen-bond donors (Lipinski definition) is 0. The molecule has 0 radical (unpaired) electrons. The van der Waals surface area contributed by atoms with E-state index in [2.05, 4.69) is 6.92 Å². The monoisotopic (exact) mass is 196 g/mol. The van der Waals surface area contributed by atoms with Crippen molar-refractivity contribution in [3.8, 4) is 0 Å². The molecular weight excluding hydrogens is 182 g/mol. The van der Waals surface area contributed by atoms with Gasteiger partial charge in [0.1, 0.15) is 11.6 Å². The standard InChI is InChI=1S/C12H14F2/c1-8-3-2-4-12(8)9-5-10(13)7-11(14)6-9/h5-8,12H,2-4H2,1H3. The molecule has 0 saturated heterocycles. The van der Waals surface area contributed by atoms with Gasteiger partial charge in [0.2, 0.25) is 0 Å². The summed E-state index contributed by atoms with van der Waals surface area (Å²) in [5, 5.41) is 0. The van der Waals surface area contributed by atoms with Crippen molar-refractivity contribution in [1.29, 1.82) is 0 Å². The van der Waals surface area contributed by atoms with E-state index in [-0.39, 0.29) is 0 Å². The Morgan fingerprint density at radius 2 is 1.71 bits per heavy atom. The zero-order valence-corrected chi connectivity index (χ0v) is 8.26. The van der Waals surface area contributed by atoms with Crippen LogP contribution in [0.1, 0.15) is 37.7 Å². The molecule has 0 nitrogen and oxygen atoms in total. The maximum atomic E-state index is 13.0.